The molecule has 0 aliphatic carbocycles. The first kappa shape index (κ1) is 18.3. The van der Waals surface area contributed by atoms with Gasteiger partial charge in [-0.15, -0.1) is 0 Å². The summed E-state index contributed by atoms with van der Waals surface area (Å²) in [5.74, 6) is -2.21. The first-order valence-corrected chi connectivity index (χ1v) is 6.29. The summed E-state index contributed by atoms with van der Waals surface area (Å²) in [6.45, 7) is 3.11. The van der Waals surface area contributed by atoms with Crippen molar-refractivity contribution in [2.24, 2.45) is 5.41 Å². The van der Waals surface area contributed by atoms with Gasteiger partial charge in [0, 0.05) is 0 Å². The Morgan fingerprint density at radius 3 is 2.05 bits per heavy atom. The lowest BCUT2D eigenvalue weighted by molar-refractivity contribution is -0.225. The van der Waals surface area contributed by atoms with E-state index in [9.17, 15) is 31.1 Å². The summed E-state index contributed by atoms with van der Waals surface area (Å²) in [4.78, 5) is 11.8. The number of aryl methyl sites for hydroxylation is 1. The second-order valence-electron chi connectivity index (χ2n) is 5.11. The molecule has 0 saturated carbocycles. The fourth-order valence-corrected chi connectivity index (χ4v) is 1.65. The minimum absolute atomic E-state index is 0.114. The summed E-state index contributed by atoms with van der Waals surface area (Å²) in [5, 5.41) is 0. The number of esters is 1. The maximum Gasteiger partial charge on any atom is 0.416 e. The van der Waals surface area contributed by atoms with Crippen molar-refractivity contribution < 1.29 is 35.9 Å². The molecule has 124 valence electrons. The first-order valence-electron chi connectivity index (χ1n) is 6.29. The largest absolute Gasteiger partial charge is 0.426 e. The summed E-state index contributed by atoms with van der Waals surface area (Å²) in [6, 6.07) is 2.37. The Morgan fingerprint density at radius 1 is 1.09 bits per heavy atom. The van der Waals surface area contributed by atoms with Crippen LogP contribution in [0.25, 0.3) is 0 Å². The van der Waals surface area contributed by atoms with Crippen LogP contribution in [-0.4, -0.2) is 12.1 Å². The van der Waals surface area contributed by atoms with Crippen LogP contribution in [0.1, 0.15) is 31.4 Å². The van der Waals surface area contributed by atoms with Gasteiger partial charge in [-0.1, -0.05) is 6.92 Å². The van der Waals surface area contributed by atoms with Crippen molar-refractivity contribution in [3.8, 4) is 5.75 Å². The quantitative estimate of drug-likeness (QED) is 0.448. The maximum atomic E-state index is 12.9. The minimum Gasteiger partial charge on any atom is -0.426 e. The van der Waals surface area contributed by atoms with Gasteiger partial charge in [-0.05, 0) is 44.0 Å². The highest BCUT2D eigenvalue weighted by Gasteiger charge is 2.56. The van der Waals surface area contributed by atoms with E-state index in [1.807, 2.05) is 0 Å². The van der Waals surface area contributed by atoms with Crippen LogP contribution in [0, 0.1) is 12.3 Å². The molecule has 0 fully saturated rings. The molecular formula is C14H14F6O2. The monoisotopic (exact) mass is 328 g/mol. The summed E-state index contributed by atoms with van der Waals surface area (Å²) >= 11 is 0. The number of rotatable bonds is 3. The molecule has 0 aliphatic heterocycles. The van der Waals surface area contributed by atoms with Gasteiger partial charge in [0.1, 0.15) is 5.75 Å². The van der Waals surface area contributed by atoms with E-state index >= 15 is 0 Å². The lowest BCUT2D eigenvalue weighted by Crippen LogP contribution is -2.44. The molecule has 1 rings (SSSR count). The number of hydrogen-bond donors (Lipinski definition) is 0. The molecule has 0 saturated heterocycles. The van der Waals surface area contributed by atoms with Crippen LogP contribution >= 0.6 is 0 Å². The third-order valence-electron chi connectivity index (χ3n) is 3.37. The van der Waals surface area contributed by atoms with Crippen molar-refractivity contribution in [2.45, 2.75) is 39.5 Å². The van der Waals surface area contributed by atoms with Crippen molar-refractivity contribution in [2.75, 3.05) is 0 Å². The topological polar surface area (TPSA) is 26.3 Å². The van der Waals surface area contributed by atoms with E-state index in [0.29, 0.717) is 13.0 Å². The number of benzene rings is 1. The molecule has 8 heteroatoms. The zero-order chi connectivity index (χ0) is 17.3. The van der Waals surface area contributed by atoms with Gasteiger partial charge >= 0.3 is 18.3 Å². The zero-order valence-corrected chi connectivity index (χ0v) is 12.0. The Labute approximate surface area is 123 Å². The number of alkyl halides is 6. The van der Waals surface area contributed by atoms with Crippen LogP contribution in [0.3, 0.4) is 0 Å². The zero-order valence-electron chi connectivity index (χ0n) is 12.0. The van der Waals surface area contributed by atoms with Crippen LogP contribution in [-0.2, 0) is 11.0 Å². The third kappa shape index (κ3) is 3.72. The standard InChI is InChI=1S/C14H14F6O2/c1-4-12(3,14(18,19)20)11(21)22-10-6-8(2)5-9(7-10)13(15,16)17/h5-7H,4H2,1-3H3. The average molecular weight is 328 g/mol. The normalized spacial score (nSPS) is 15.3. The molecule has 0 spiro atoms. The van der Waals surface area contributed by atoms with Gasteiger partial charge in [0.2, 0.25) is 0 Å². The molecule has 1 aromatic rings. The molecule has 0 radical (unpaired) electrons. The molecule has 2 nitrogen and oxygen atoms in total. The molecular weight excluding hydrogens is 314 g/mol. The van der Waals surface area contributed by atoms with Crippen LogP contribution in [0.5, 0.6) is 5.75 Å². The Hall–Kier alpha value is -1.73. The molecule has 22 heavy (non-hydrogen) atoms. The highest BCUT2D eigenvalue weighted by molar-refractivity contribution is 5.79. The second kappa shape index (κ2) is 5.81. The predicted octanol–water partition coefficient (Wildman–Crippen LogP) is 4.90. The van der Waals surface area contributed by atoms with Crippen molar-refractivity contribution in [3.05, 3.63) is 29.3 Å². The minimum atomic E-state index is -4.87. The molecule has 0 bridgehead atoms. The van der Waals surface area contributed by atoms with Crippen molar-refractivity contribution in [1.29, 1.82) is 0 Å². The maximum absolute atomic E-state index is 12.9. The Bertz CT molecular complexity index is 561. The number of carbonyl (C=O) groups is 1. The molecule has 0 N–H and O–H groups in total. The molecule has 0 amide bonds. The lowest BCUT2D eigenvalue weighted by atomic mass is 9.87. The fraction of sp³-hybridized carbons (Fsp3) is 0.500. The molecule has 0 aliphatic rings. The first-order chi connectivity index (χ1) is 9.81. The summed E-state index contributed by atoms with van der Waals surface area (Å²) in [7, 11) is 0. The third-order valence-corrected chi connectivity index (χ3v) is 3.37. The highest BCUT2D eigenvalue weighted by Crippen LogP contribution is 2.42. The van der Waals surface area contributed by atoms with Gasteiger partial charge in [-0.25, -0.2) is 0 Å². The SMILES string of the molecule is CCC(C)(C(=O)Oc1cc(C)cc(C(F)(F)F)c1)C(F)(F)F. The van der Waals surface area contributed by atoms with E-state index in [-0.39, 0.29) is 5.56 Å². The second-order valence-corrected chi connectivity index (χ2v) is 5.11. The predicted molar refractivity (Wildman–Crippen MR) is 66.3 cm³/mol. The lowest BCUT2D eigenvalue weighted by Gasteiger charge is -2.28. The van der Waals surface area contributed by atoms with Gasteiger partial charge in [0.25, 0.3) is 0 Å². The number of ether oxygens (including phenoxy) is 1. The van der Waals surface area contributed by atoms with Gasteiger partial charge in [0.05, 0.1) is 5.56 Å². The molecule has 0 aromatic heterocycles. The molecule has 0 heterocycles. The van der Waals surface area contributed by atoms with Crippen molar-refractivity contribution in [3.63, 3.8) is 0 Å². The Morgan fingerprint density at radius 2 is 1.64 bits per heavy atom. The Balaban J connectivity index is 3.15. The van der Waals surface area contributed by atoms with E-state index in [2.05, 4.69) is 4.74 Å². The number of halogens is 6. The Kier molecular flexibility index (Phi) is 4.84. The molecule has 1 aromatic carbocycles. The van der Waals surface area contributed by atoms with Crippen molar-refractivity contribution in [1.82, 2.24) is 0 Å². The van der Waals surface area contributed by atoms with Gasteiger partial charge < -0.3 is 4.74 Å². The van der Waals surface area contributed by atoms with Crippen LogP contribution in [0.15, 0.2) is 18.2 Å². The van der Waals surface area contributed by atoms with E-state index < -0.39 is 41.5 Å². The number of carbonyl (C=O) groups excluding carboxylic acids is 1. The van der Waals surface area contributed by atoms with Gasteiger partial charge in [-0.2, -0.15) is 26.3 Å². The van der Waals surface area contributed by atoms with Crippen molar-refractivity contribution >= 4 is 5.97 Å². The fourth-order valence-electron chi connectivity index (χ4n) is 1.65. The number of hydrogen-bond acceptors (Lipinski definition) is 2. The summed E-state index contributed by atoms with van der Waals surface area (Å²) in [6.07, 6.45) is -10.1. The van der Waals surface area contributed by atoms with Crippen LogP contribution < -0.4 is 4.74 Å². The van der Waals surface area contributed by atoms with E-state index in [1.165, 1.54) is 6.92 Å². The smallest absolute Gasteiger partial charge is 0.416 e. The molecule has 1 unspecified atom stereocenters. The summed E-state index contributed by atoms with van der Waals surface area (Å²) in [5.41, 5.74) is -3.77. The average Bonchev–Trinajstić information content (AvgIpc) is 2.34. The highest BCUT2D eigenvalue weighted by atomic mass is 19.4. The van der Waals surface area contributed by atoms with Gasteiger partial charge in [0.15, 0.2) is 5.41 Å². The summed E-state index contributed by atoms with van der Waals surface area (Å²) < 4.78 is 81.3. The van der Waals surface area contributed by atoms with E-state index in [0.717, 1.165) is 19.1 Å². The van der Waals surface area contributed by atoms with Crippen LogP contribution in [0.4, 0.5) is 26.3 Å². The molecule has 1 atom stereocenters. The van der Waals surface area contributed by atoms with E-state index in [4.69, 9.17) is 0 Å². The van der Waals surface area contributed by atoms with Gasteiger partial charge in [-0.3, -0.25) is 4.79 Å². The van der Waals surface area contributed by atoms with E-state index in [1.54, 1.807) is 0 Å². The van der Waals surface area contributed by atoms with Crippen LogP contribution in [0.2, 0.25) is 0 Å².